The maximum absolute atomic E-state index is 14.0. The number of carbonyl (C=O) groups excluding carboxylic acids is 1. The molecule has 1 spiro atoms. The highest BCUT2D eigenvalue weighted by Gasteiger charge is 2.41. The Kier molecular flexibility index (Phi) is 6.82. The van der Waals surface area contributed by atoms with Crippen molar-refractivity contribution in [3.8, 4) is 17.3 Å². The van der Waals surface area contributed by atoms with Gasteiger partial charge in [0.2, 0.25) is 0 Å². The fraction of sp³-hybridized carbons (Fsp3) is 0.480. The molecule has 0 aliphatic carbocycles. The molecule has 1 amide bonds. The minimum Gasteiger partial charge on any atom is -0.339 e. The smallest absolute Gasteiger partial charge is 0.339 e. The summed E-state index contributed by atoms with van der Waals surface area (Å²) in [5.74, 6) is -0.608. The van der Waals surface area contributed by atoms with E-state index in [0.717, 1.165) is 69.2 Å². The predicted octanol–water partition coefficient (Wildman–Crippen LogP) is 5.52. The van der Waals surface area contributed by atoms with Gasteiger partial charge in [-0.2, -0.15) is 18.4 Å². The van der Waals surface area contributed by atoms with Gasteiger partial charge >= 0.3 is 6.18 Å². The van der Waals surface area contributed by atoms with E-state index >= 15 is 0 Å². The number of likely N-dealkylation sites (tertiary alicyclic amines) is 2. The van der Waals surface area contributed by atoms with E-state index in [0.29, 0.717) is 13.1 Å². The molecule has 2 aromatic rings. The standard InChI is InChI=1S/C25H25F5N4O/c1-2-33-10-7-24(15-33)8-11-34(12-9-24)23(35)19-13-17(14-31)20(32-21(19)22(26)27)16-3-5-18(6-4-16)25(28,29)30/h3-6,13,22H,2,7-12,15H2,1H3. The molecule has 4 rings (SSSR count). The second-order valence-electron chi connectivity index (χ2n) is 9.22. The van der Waals surface area contributed by atoms with Crippen LogP contribution in [0.1, 0.15) is 59.8 Å². The van der Waals surface area contributed by atoms with Crippen LogP contribution >= 0.6 is 0 Å². The highest BCUT2D eigenvalue weighted by atomic mass is 19.4. The van der Waals surface area contributed by atoms with Gasteiger partial charge in [0, 0.05) is 25.2 Å². The van der Waals surface area contributed by atoms with Gasteiger partial charge in [-0.1, -0.05) is 19.1 Å². The van der Waals surface area contributed by atoms with Crippen LogP contribution in [0.15, 0.2) is 30.3 Å². The maximum Gasteiger partial charge on any atom is 0.416 e. The van der Waals surface area contributed by atoms with E-state index in [1.165, 1.54) is 4.90 Å². The van der Waals surface area contributed by atoms with Crippen molar-refractivity contribution in [2.75, 3.05) is 32.7 Å². The molecule has 5 nitrogen and oxygen atoms in total. The number of alkyl halides is 5. The van der Waals surface area contributed by atoms with Crippen LogP contribution in [0.25, 0.3) is 11.3 Å². The average Bonchev–Trinajstić information content (AvgIpc) is 3.25. The molecule has 2 aliphatic rings. The first-order valence-corrected chi connectivity index (χ1v) is 11.5. The summed E-state index contributed by atoms with van der Waals surface area (Å²) < 4.78 is 66.6. The minimum atomic E-state index is -4.56. The summed E-state index contributed by atoms with van der Waals surface area (Å²) in [7, 11) is 0. The number of nitrogens with zero attached hydrogens (tertiary/aromatic N) is 4. The van der Waals surface area contributed by atoms with Crippen LogP contribution in [-0.2, 0) is 6.18 Å². The van der Waals surface area contributed by atoms with Crippen LogP contribution in [0.5, 0.6) is 0 Å². The number of piperidine rings is 1. The summed E-state index contributed by atoms with van der Waals surface area (Å²) in [6.45, 7) is 5.92. The van der Waals surface area contributed by atoms with Gasteiger partial charge in [-0.25, -0.2) is 13.8 Å². The Labute approximate surface area is 200 Å². The fourth-order valence-electron chi connectivity index (χ4n) is 5.05. The topological polar surface area (TPSA) is 60.2 Å². The van der Waals surface area contributed by atoms with E-state index in [2.05, 4.69) is 16.8 Å². The number of carbonyl (C=O) groups is 1. The first kappa shape index (κ1) is 25.0. The molecular formula is C25H25F5N4O. The molecule has 1 aromatic carbocycles. The van der Waals surface area contributed by atoms with Gasteiger partial charge in [0.25, 0.3) is 12.3 Å². The molecule has 2 saturated heterocycles. The van der Waals surface area contributed by atoms with Crippen molar-refractivity contribution in [1.29, 1.82) is 5.26 Å². The predicted molar refractivity (Wildman–Crippen MR) is 119 cm³/mol. The Bertz CT molecular complexity index is 1130. The number of nitriles is 1. The molecule has 186 valence electrons. The van der Waals surface area contributed by atoms with E-state index in [-0.39, 0.29) is 27.8 Å². The van der Waals surface area contributed by atoms with Crippen LogP contribution in [-0.4, -0.2) is 53.4 Å². The second-order valence-corrected chi connectivity index (χ2v) is 9.22. The van der Waals surface area contributed by atoms with E-state index in [4.69, 9.17) is 0 Å². The van der Waals surface area contributed by atoms with Gasteiger partial charge in [0.05, 0.1) is 22.4 Å². The van der Waals surface area contributed by atoms with E-state index in [1.807, 2.05) is 6.07 Å². The van der Waals surface area contributed by atoms with Crippen LogP contribution in [0.2, 0.25) is 0 Å². The number of hydrogen-bond donors (Lipinski definition) is 0. The summed E-state index contributed by atoms with van der Waals surface area (Å²) in [6, 6.07) is 6.68. The lowest BCUT2D eigenvalue weighted by Crippen LogP contribution is -2.44. The lowest BCUT2D eigenvalue weighted by atomic mass is 9.77. The van der Waals surface area contributed by atoms with Crippen LogP contribution < -0.4 is 0 Å². The van der Waals surface area contributed by atoms with Gasteiger partial charge < -0.3 is 9.80 Å². The SMILES string of the molecule is CCN1CCC2(CCN(C(=O)c3cc(C#N)c(-c4ccc(C(F)(F)F)cc4)nc3C(F)F)CC2)C1. The summed E-state index contributed by atoms with van der Waals surface area (Å²) in [4.78, 5) is 21.0. The maximum atomic E-state index is 14.0. The molecule has 0 saturated carbocycles. The van der Waals surface area contributed by atoms with Gasteiger partial charge in [-0.05, 0) is 56.0 Å². The Morgan fingerprint density at radius 3 is 2.29 bits per heavy atom. The molecular weight excluding hydrogens is 467 g/mol. The third kappa shape index (κ3) is 5.01. The molecule has 0 radical (unpaired) electrons. The molecule has 0 atom stereocenters. The first-order chi connectivity index (χ1) is 16.6. The largest absolute Gasteiger partial charge is 0.416 e. The first-order valence-electron chi connectivity index (χ1n) is 11.5. The quantitative estimate of drug-likeness (QED) is 0.527. The average molecular weight is 492 g/mol. The van der Waals surface area contributed by atoms with Crippen molar-refractivity contribution in [1.82, 2.24) is 14.8 Å². The summed E-state index contributed by atoms with van der Waals surface area (Å²) in [6.07, 6.45) is -5.05. The van der Waals surface area contributed by atoms with Crippen molar-refractivity contribution >= 4 is 5.91 Å². The van der Waals surface area contributed by atoms with E-state index in [1.54, 1.807) is 0 Å². The van der Waals surface area contributed by atoms with E-state index < -0.39 is 29.8 Å². The third-order valence-electron chi connectivity index (χ3n) is 7.17. The van der Waals surface area contributed by atoms with E-state index in [9.17, 15) is 32.0 Å². The number of halogens is 5. The van der Waals surface area contributed by atoms with Crippen molar-refractivity contribution in [2.24, 2.45) is 5.41 Å². The molecule has 35 heavy (non-hydrogen) atoms. The Morgan fingerprint density at radius 2 is 1.77 bits per heavy atom. The number of benzene rings is 1. The number of pyridine rings is 1. The molecule has 1 aromatic heterocycles. The summed E-state index contributed by atoms with van der Waals surface area (Å²) in [5.41, 5.74) is -2.14. The highest BCUT2D eigenvalue weighted by molar-refractivity contribution is 5.96. The van der Waals surface area contributed by atoms with Gasteiger partial charge in [0.1, 0.15) is 11.8 Å². The summed E-state index contributed by atoms with van der Waals surface area (Å²) >= 11 is 0. The Balaban J connectivity index is 1.61. The Hall–Kier alpha value is -3.06. The third-order valence-corrected chi connectivity index (χ3v) is 7.17. The Morgan fingerprint density at radius 1 is 1.14 bits per heavy atom. The second kappa shape index (κ2) is 9.53. The van der Waals surface area contributed by atoms with Gasteiger partial charge in [-0.3, -0.25) is 4.79 Å². The number of amides is 1. The zero-order chi connectivity index (χ0) is 25.4. The molecule has 3 heterocycles. The number of hydrogen-bond acceptors (Lipinski definition) is 4. The van der Waals surface area contributed by atoms with Crippen molar-refractivity contribution in [3.05, 3.63) is 52.7 Å². The zero-order valence-corrected chi connectivity index (χ0v) is 19.2. The molecule has 0 unspecified atom stereocenters. The fourth-order valence-corrected chi connectivity index (χ4v) is 5.05. The lowest BCUT2D eigenvalue weighted by Gasteiger charge is -2.39. The molecule has 2 aliphatic heterocycles. The molecule has 0 bridgehead atoms. The van der Waals surface area contributed by atoms with Crippen molar-refractivity contribution < 1.29 is 26.7 Å². The van der Waals surface area contributed by atoms with Gasteiger partial charge in [-0.15, -0.1) is 0 Å². The zero-order valence-electron chi connectivity index (χ0n) is 19.2. The van der Waals surface area contributed by atoms with Gasteiger partial charge in [0.15, 0.2) is 0 Å². The van der Waals surface area contributed by atoms with Crippen LogP contribution in [0.3, 0.4) is 0 Å². The lowest BCUT2D eigenvalue weighted by molar-refractivity contribution is -0.137. The molecule has 10 heteroatoms. The number of aromatic nitrogens is 1. The van der Waals surface area contributed by atoms with Crippen LogP contribution in [0.4, 0.5) is 22.0 Å². The molecule has 2 fully saturated rings. The minimum absolute atomic E-state index is 0.0806. The summed E-state index contributed by atoms with van der Waals surface area (Å²) in [5, 5.41) is 9.61. The van der Waals surface area contributed by atoms with Crippen molar-refractivity contribution in [3.63, 3.8) is 0 Å². The highest BCUT2D eigenvalue weighted by Crippen LogP contribution is 2.41. The van der Waals surface area contributed by atoms with Crippen molar-refractivity contribution in [2.45, 2.75) is 38.8 Å². The van der Waals surface area contributed by atoms with Crippen LogP contribution in [0, 0.1) is 16.7 Å². The molecule has 0 N–H and O–H groups in total. The normalized spacial score (nSPS) is 18.3. The monoisotopic (exact) mass is 492 g/mol. The number of rotatable bonds is 4.